The smallest absolute Gasteiger partial charge is 0.333 e. The van der Waals surface area contributed by atoms with Gasteiger partial charge in [0.1, 0.15) is 0 Å². The second-order valence-electron chi connectivity index (χ2n) is 15.7. The molecule has 0 radical (unpaired) electrons. The third kappa shape index (κ3) is 6.64. The molecule has 2 aromatic carbocycles. The molecule has 1 spiro atoms. The van der Waals surface area contributed by atoms with Crippen molar-refractivity contribution in [1.29, 1.82) is 0 Å². The Hall–Kier alpha value is -3.53. The number of amides is 1. The molecule has 1 saturated heterocycles. The minimum Gasteiger partial charge on any atom is -0.501 e. The Morgan fingerprint density at radius 1 is 1.06 bits per heavy atom. The highest BCUT2D eigenvalue weighted by Gasteiger charge is 2.65. The van der Waals surface area contributed by atoms with E-state index < -0.39 is 40.8 Å². The lowest BCUT2D eigenvalue weighted by Gasteiger charge is -2.42. The predicted octanol–water partition coefficient (Wildman–Crippen LogP) is 7.25. The number of allylic oxidation sites excluding steroid dienone is 2. The third-order valence-corrected chi connectivity index (χ3v) is 11.9. The summed E-state index contributed by atoms with van der Waals surface area (Å²) >= 11 is 13.8. The average Bonchev–Trinajstić information content (AvgIpc) is 3.56. The summed E-state index contributed by atoms with van der Waals surface area (Å²) in [6, 6.07) is 12.5. The Balaban J connectivity index is 1.55. The van der Waals surface area contributed by atoms with Gasteiger partial charge >= 0.3 is 11.9 Å². The lowest BCUT2D eigenvalue weighted by Crippen LogP contribution is -2.59. The zero-order valence-electron chi connectivity index (χ0n) is 29.0. The number of carbonyl (C=O) groups is 3. The summed E-state index contributed by atoms with van der Waals surface area (Å²) in [6.45, 7) is 7.65. The van der Waals surface area contributed by atoms with E-state index in [0.717, 1.165) is 36.1 Å². The van der Waals surface area contributed by atoms with Gasteiger partial charge in [-0.2, -0.15) is 0 Å². The highest BCUT2D eigenvalue weighted by molar-refractivity contribution is 6.31. The standard InChI is InChI=1S/C39H47Cl2N3O6/c1-37(2,3)20-31-39(22-42-30-16-15-25(40)18-28(30)39)32(27-9-5-6-10-29(27)41)33(44(31)21-23-11-13-24(14-12-23)35(46)47)34(45)43-38(36(48)49)17-7-8-26(19-38)50-4/h5-10,15-18,23-24,31-33,42H,11-14,19-22H2,1-4H3,(H,43,45)(H,46,47)(H,48,49)/t23?,24?,31-,32-,33+,38?,39-/m0/s1. The number of benzene rings is 2. The van der Waals surface area contributed by atoms with Crippen molar-refractivity contribution in [2.45, 2.75) is 88.3 Å². The zero-order chi connectivity index (χ0) is 36.0. The van der Waals surface area contributed by atoms with Gasteiger partial charge < -0.3 is 25.6 Å². The summed E-state index contributed by atoms with van der Waals surface area (Å²) in [5.74, 6) is -2.64. The number of hydrogen-bond donors (Lipinski definition) is 4. The molecule has 2 aliphatic carbocycles. The van der Waals surface area contributed by atoms with Gasteiger partial charge in [0, 0.05) is 52.6 Å². The minimum absolute atomic E-state index is 0.0414. The van der Waals surface area contributed by atoms with Crippen molar-refractivity contribution in [3.63, 3.8) is 0 Å². The fourth-order valence-corrected chi connectivity index (χ4v) is 9.48. The van der Waals surface area contributed by atoms with Crippen LogP contribution in [0.15, 0.2) is 66.5 Å². The second kappa shape index (κ2) is 13.9. The molecule has 4 aliphatic rings. The summed E-state index contributed by atoms with van der Waals surface area (Å²) in [4.78, 5) is 42.5. The van der Waals surface area contributed by atoms with E-state index in [0.29, 0.717) is 41.7 Å². The zero-order valence-corrected chi connectivity index (χ0v) is 30.6. The molecule has 1 unspecified atom stereocenters. The third-order valence-electron chi connectivity index (χ3n) is 11.4. The van der Waals surface area contributed by atoms with Crippen molar-refractivity contribution >= 4 is 46.7 Å². The van der Waals surface area contributed by atoms with Crippen molar-refractivity contribution < 1.29 is 29.3 Å². The average molecular weight is 725 g/mol. The van der Waals surface area contributed by atoms with Crippen LogP contribution in [0.5, 0.6) is 0 Å². The van der Waals surface area contributed by atoms with Crippen LogP contribution in [0.3, 0.4) is 0 Å². The Labute approximate surface area is 304 Å². The summed E-state index contributed by atoms with van der Waals surface area (Å²) in [7, 11) is 1.49. The highest BCUT2D eigenvalue weighted by atomic mass is 35.5. The number of rotatable bonds is 9. The van der Waals surface area contributed by atoms with E-state index in [9.17, 15) is 19.8 Å². The maximum Gasteiger partial charge on any atom is 0.333 e. The number of nitrogens with zero attached hydrogens (tertiary/aromatic N) is 1. The maximum absolute atomic E-state index is 15.3. The normalized spacial score (nSPS) is 30.8. The molecule has 2 aliphatic heterocycles. The van der Waals surface area contributed by atoms with E-state index >= 15 is 4.79 Å². The van der Waals surface area contributed by atoms with Crippen LogP contribution in [0, 0.1) is 17.3 Å². The number of likely N-dealkylation sites (tertiary alicyclic amines) is 1. The number of halogens is 2. The van der Waals surface area contributed by atoms with Gasteiger partial charge in [-0.05, 0) is 91.0 Å². The number of hydrogen-bond acceptors (Lipinski definition) is 6. The molecule has 50 heavy (non-hydrogen) atoms. The summed E-state index contributed by atoms with van der Waals surface area (Å²) in [6.07, 6.45) is 8.10. The first kappa shape index (κ1) is 36.3. The first-order chi connectivity index (χ1) is 23.7. The fourth-order valence-electron chi connectivity index (χ4n) is 9.06. The Morgan fingerprint density at radius 3 is 2.42 bits per heavy atom. The molecule has 9 nitrogen and oxygen atoms in total. The number of carboxylic acid groups (broad SMARTS) is 2. The van der Waals surface area contributed by atoms with E-state index in [1.807, 2.05) is 42.5 Å². The molecule has 1 saturated carbocycles. The Bertz CT molecular complexity index is 1710. The van der Waals surface area contributed by atoms with Crippen LogP contribution < -0.4 is 10.6 Å². The number of nitrogens with one attached hydrogen (secondary N) is 2. The van der Waals surface area contributed by atoms with Crippen molar-refractivity contribution in [1.82, 2.24) is 10.2 Å². The van der Waals surface area contributed by atoms with E-state index in [4.69, 9.17) is 27.9 Å². The van der Waals surface area contributed by atoms with Gasteiger partial charge in [-0.1, -0.05) is 68.2 Å². The molecule has 2 heterocycles. The fraction of sp³-hybridized carbons (Fsp3) is 0.513. The Kier molecular flexibility index (Phi) is 10.1. The molecule has 6 rings (SSSR count). The SMILES string of the molecule is COC1=CC=CC(NC(=O)[C@H]2[C@H](c3ccccc3Cl)[C@]3(CNc4ccc(Cl)cc43)[C@H](CC(C)(C)C)N2CC2CCC(C(=O)O)CC2)(C(=O)O)C1. The van der Waals surface area contributed by atoms with Crippen LogP contribution >= 0.6 is 23.2 Å². The molecule has 268 valence electrons. The van der Waals surface area contributed by atoms with Gasteiger partial charge in [0.25, 0.3) is 0 Å². The molecule has 2 fully saturated rings. The second-order valence-corrected chi connectivity index (χ2v) is 16.5. The van der Waals surface area contributed by atoms with Gasteiger partial charge in [0.15, 0.2) is 5.54 Å². The number of ether oxygens (including phenoxy) is 1. The van der Waals surface area contributed by atoms with Gasteiger partial charge in [-0.15, -0.1) is 0 Å². The van der Waals surface area contributed by atoms with Crippen molar-refractivity contribution in [2.24, 2.45) is 17.3 Å². The molecule has 1 amide bonds. The molecule has 4 N–H and O–H groups in total. The van der Waals surface area contributed by atoms with Gasteiger partial charge in [-0.25, -0.2) is 4.79 Å². The van der Waals surface area contributed by atoms with E-state index in [-0.39, 0.29) is 29.7 Å². The molecule has 2 aromatic rings. The van der Waals surface area contributed by atoms with Crippen LogP contribution in [0.25, 0.3) is 0 Å². The largest absolute Gasteiger partial charge is 0.501 e. The highest BCUT2D eigenvalue weighted by Crippen LogP contribution is 2.60. The minimum atomic E-state index is -1.72. The number of carbonyl (C=O) groups excluding carboxylic acids is 1. The maximum atomic E-state index is 15.3. The molecule has 0 aromatic heterocycles. The van der Waals surface area contributed by atoms with Crippen LogP contribution in [0.2, 0.25) is 10.0 Å². The number of anilines is 1. The Morgan fingerprint density at radius 2 is 1.78 bits per heavy atom. The predicted molar refractivity (Wildman–Crippen MR) is 195 cm³/mol. The molecular weight excluding hydrogens is 677 g/mol. The molecule has 5 atom stereocenters. The van der Waals surface area contributed by atoms with Crippen molar-refractivity contribution in [3.05, 3.63) is 87.6 Å². The van der Waals surface area contributed by atoms with Crippen molar-refractivity contribution in [2.75, 3.05) is 25.5 Å². The van der Waals surface area contributed by atoms with E-state index in [2.05, 4.69) is 36.3 Å². The lowest BCUT2D eigenvalue weighted by molar-refractivity contribution is -0.147. The van der Waals surface area contributed by atoms with Crippen LogP contribution in [-0.4, -0.2) is 70.8 Å². The van der Waals surface area contributed by atoms with Crippen LogP contribution in [0.4, 0.5) is 5.69 Å². The lowest BCUT2D eigenvalue weighted by atomic mass is 9.63. The summed E-state index contributed by atoms with van der Waals surface area (Å²) < 4.78 is 5.46. The van der Waals surface area contributed by atoms with Gasteiger partial charge in [-0.3, -0.25) is 14.5 Å². The van der Waals surface area contributed by atoms with Crippen LogP contribution in [-0.2, 0) is 24.5 Å². The number of fused-ring (bicyclic) bond motifs is 2. The van der Waals surface area contributed by atoms with E-state index in [1.165, 1.54) is 13.2 Å². The summed E-state index contributed by atoms with van der Waals surface area (Å²) in [5, 5.41) is 28.2. The topological polar surface area (TPSA) is 128 Å². The first-order valence-corrected chi connectivity index (χ1v) is 18.2. The van der Waals surface area contributed by atoms with Crippen molar-refractivity contribution in [3.8, 4) is 0 Å². The van der Waals surface area contributed by atoms with E-state index in [1.54, 1.807) is 12.2 Å². The number of carboxylic acids is 2. The molecule has 0 bridgehead atoms. The van der Waals surface area contributed by atoms with Crippen LogP contribution in [0.1, 0.15) is 76.3 Å². The van der Waals surface area contributed by atoms with Gasteiger partial charge in [0.05, 0.1) is 24.8 Å². The quantitative estimate of drug-likeness (QED) is 0.213. The van der Waals surface area contributed by atoms with Gasteiger partial charge in [0.2, 0.25) is 5.91 Å². The molecular formula is C39H47Cl2N3O6. The molecule has 11 heteroatoms. The number of methoxy groups -OCH3 is 1. The number of aliphatic carboxylic acids is 2. The summed E-state index contributed by atoms with van der Waals surface area (Å²) in [5.41, 5.74) is 0.185. The first-order valence-electron chi connectivity index (χ1n) is 17.4. The monoisotopic (exact) mass is 723 g/mol.